The number of benzene rings is 1. The van der Waals surface area contributed by atoms with Gasteiger partial charge in [-0.3, -0.25) is 4.79 Å². The minimum Gasteiger partial charge on any atom is -0.497 e. The molecule has 1 aliphatic carbocycles. The van der Waals surface area contributed by atoms with Gasteiger partial charge in [-0.1, -0.05) is 19.8 Å². The highest BCUT2D eigenvalue weighted by molar-refractivity contribution is 5.90. The van der Waals surface area contributed by atoms with Crippen LogP contribution in [0.5, 0.6) is 5.75 Å². The summed E-state index contributed by atoms with van der Waals surface area (Å²) in [6, 6.07) is 7.39. The summed E-state index contributed by atoms with van der Waals surface area (Å²) in [6.07, 6.45) is 6.41. The fourth-order valence-electron chi connectivity index (χ4n) is 4.08. The van der Waals surface area contributed by atoms with Crippen LogP contribution in [0.3, 0.4) is 0 Å². The molecule has 0 spiro atoms. The fourth-order valence-corrected chi connectivity index (χ4v) is 4.08. The van der Waals surface area contributed by atoms with E-state index in [1.807, 2.05) is 24.3 Å². The Hall–Kier alpha value is -2.24. The first-order chi connectivity index (χ1) is 13.1. The molecule has 2 fully saturated rings. The van der Waals surface area contributed by atoms with Crippen LogP contribution in [0.15, 0.2) is 24.3 Å². The number of ether oxygens (including phenoxy) is 1. The quantitative estimate of drug-likeness (QED) is 0.847. The highest BCUT2D eigenvalue weighted by atomic mass is 16.5. The van der Waals surface area contributed by atoms with E-state index < -0.39 is 0 Å². The third kappa shape index (κ3) is 5.15. The van der Waals surface area contributed by atoms with Gasteiger partial charge in [0, 0.05) is 24.8 Å². The summed E-state index contributed by atoms with van der Waals surface area (Å²) < 4.78 is 5.13. The third-order valence-corrected chi connectivity index (χ3v) is 5.86. The predicted molar refractivity (Wildman–Crippen MR) is 106 cm³/mol. The van der Waals surface area contributed by atoms with Crippen molar-refractivity contribution in [2.45, 2.75) is 51.5 Å². The van der Waals surface area contributed by atoms with E-state index in [2.05, 4.69) is 17.6 Å². The van der Waals surface area contributed by atoms with Gasteiger partial charge in [0.2, 0.25) is 5.91 Å². The zero-order chi connectivity index (χ0) is 19.2. The smallest absolute Gasteiger partial charge is 0.321 e. The topological polar surface area (TPSA) is 70.7 Å². The van der Waals surface area contributed by atoms with Gasteiger partial charge in [-0.15, -0.1) is 0 Å². The summed E-state index contributed by atoms with van der Waals surface area (Å²) in [5.74, 6) is 1.28. The SMILES string of the molecule is COc1ccc(NC(=O)N2CCC[C@@H](C(=O)N[C@@H]3CCCC[C@@H]3C)C2)cc1. The van der Waals surface area contributed by atoms with E-state index in [1.165, 1.54) is 19.3 Å². The molecule has 1 aromatic carbocycles. The number of amides is 3. The number of nitrogens with zero attached hydrogens (tertiary/aromatic N) is 1. The van der Waals surface area contributed by atoms with Crippen LogP contribution in [0.25, 0.3) is 0 Å². The molecule has 6 nitrogen and oxygen atoms in total. The molecule has 3 rings (SSSR count). The number of nitrogens with one attached hydrogen (secondary N) is 2. The monoisotopic (exact) mass is 373 g/mol. The molecule has 6 heteroatoms. The van der Waals surface area contributed by atoms with Gasteiger partial charge in [0.05, 0.1) is 13.0 Å². The Bertz CT molecular complexity index is 647. The van der Waals surface area contributed by atoms with Crippen molar-refractivity contribution in [3.63, 3.8) is 0 Å². The van der Waals surface area contributed by atoms with Crippen molar-refractivity contribution in [1.82, 2.24) is 10.2 Å². The number of carbonyl (C=O) groups excluding carboxylic acids is 2. The maximum Gasteiger partial charge on any atom is 0.321 e. The molecule has 2 N–H and O–H groups in total. The van der Waals surface area contributed by atoms with E-state index in [9.17, 15) is 9.59 Å². The Morgan fingerprint density at radius 1 is 1.07 bits per heavy atom. The molecular formula is C21H31N3O3. The lowest BCUT2D eigenvalue weighted by molar-refractivity contribution is -0.127. The van der Waals surface area contributed by atoms with Crippen molar-refractivity contribution >= 4 is 17.6 Å². The van der Waals surface area contributed by atoms with Gasteiger partial charge < -0.3 is 20.3 Å². The van der Waals surface area contributed by atoms with Crippen LogP contribution in [-0.2, 0) is 4.79 Å². The van der Waals surface area contributed by atoms with E-state index >= 15 is 0 Å². The van der Waals surface area contributed by atoms with E-state index in [0.29, 0.717) is 19.0 Å². The minimum absolute atomic E-state index is 0.107. The maximum atomic E-state index is 12.7. The van der Waals surface area contributed by atoms with Gasteiger partial charge in [-0.2, -0.15) is 0 Å². The van der Waals surface area contributed by atoms with E-state index in [0.717, 1.165) is 30.7 Å². The van der Waals surface area contributed by atoms with Crippen molar-refractivity contribution in [3.05, 3.63) is 24.3 Å². The van der Waals surface area contributed by atoms with Gasteiger partial charge in [0.15, 0.2) is 0 Å². The molecule has 0 unspecified atom stereocenters. The molecule has 148 valence electrons. The lowest BCUT2D eigenvalue weighted by Gasteiger charge is -2.35. The van der Waals surface area contributed by atoms with Crippen molar-refractivity contribution in [1.29, 1.82) is 0 Å². The number of carbonyl (C=O) groups is 2. The van der Waals surface area contributed by atoms with Crippen LogP contribution in [0, 0.1) is 11.8 Å². The van der Waals surface area contributed by atoms with Gasteiger partial charge >= 0.3 is 6.03 Å². The molecule has 1 saturated carbocycles. The lowest BCUT2D eigenvalue weighted by Crippen LogP contribution is -2.50. The summed E-state index contributed by atoms with van der Waals surface area (Å²) in [6.45, 7) is 3.39. The summed E-state index contributed by atoms with van der Waals surface area (Å²) in [5.41, 5.74) is 0.725. The number of hydrogen-bond donors (Lipinski definition) is 2. The Morgan fingerprint density at radius 2 is 1.81 bits per heavy atom. The standard InChI is InChI=1S/C21H31N3O3/c1-15-6-3-4-8-19(15)23-20(25)16-7-5-13-24(14-16)21(26)22-17-9-11-18(27-2)12-10-17/h9-12,15-16,19H,3-8,13-14H2,1-2H3,(H,22,26)(H,23,25)/t15-,16+,19+/m0/s1. The molecule has 1 aromatic rings. The first-order valence-corrected chi connectivity index (χ1v) is 10.1. The van der Waals surface area contributed by atoms with E-state index in [4.69, 9.17) is 4.74 Å². The van der Waals surface area contributed by atoms with Crippen molar-refractivity contribution in [2.75, 3.05) is 25.5 Å². The van der Waals surface area contributed by atoms with Crippen LogP contribution < -0.4 is 15.4 Å². The molecule has 2 aliphatic rings. The molecule has 1 aliphatic heterocycles. The molecule has 3 atom stereocenters. The second-order valence-corrected chi connectivity index (χ2v) is 7.82. The van der Waals surface area contributed by atoms with Crippen LogP contribution in [-0.4, -0.2) is 43.1 Å². The second-order valence-electron chi connectivity index (χ2n) is 7.82. The fraction of sp³-hybridized carbons (Fsp3) is 0.619. The summed E-state index contributed by atoms with van der Waals surface area (Å²) in [7, 11) is 1.61. The molecule has 1 saturated heterocycles. The Balaban J connectivity index is 1.53. The molecular weight excluding hydrogens is 342 g/mol. The maximum absolute atomic E-state index is 12.7. The normalized spacial score (nSPS) is 25.6. The average molecular weight is 373 g/mol. The van der Waals surface area contributed by atoms with Crippen LogP contribution in [0.4, 0.5) is 10.5 Å². The first-order valence-electron chi connectivity index (χ1n) is 10.1. The zero-order valence-electron chi connectivity index (χ0n) is 16.4. The zero-order valence-corrected chi connectivity index (χ0v) is 16.4. The highest BCUT2D eigenvalue weighted by Gasteiger charge is 2.31. The number of methoxy groups -OCH3 is 1. The lowest BCUT2D eigenvalue weighted by atomic mass is 9.85. The predicted octanol–water partition coefficient (Wildman–Crippen LogP) is 3.63. The number of piperidine rings is 1. The van der Waals surface area contributed by atoms with Crippen molar-refractivity contribution < 1.29 is 14.3 Å². The van der Waals surface area contributed by atoms with Gasteiger partial charge in [-0.25, -0.2) is 4.79 Å². The van der Waals surface area contributed by atoms with Crippen molar-refractivity contribution in [2.24, 2.45) is 11.8 Å². The van der Waals surface area contributed by atoms with Crippen LogP contribution in [0.1, 0.15) is 45.4 Å². The first kappa shape index (κ1) is 19.5. The van der Waals surface area contributed by atoms with Gasteiger partial charge in [0.1, 0.15) is 5.75 Å². The highest BCUT2D eigenvalue weighted by Crippen LogP contribution is 2.25. The Labute approximate surface area is 161 Å². The van der Waals surface area contributed by atoms with Gasteiger partial charge in [-0.05, 0) is 55.9 Å². The molecule has 0 radical (unpaired) electrons. The largest absolute Gasteiger partial charge is 0.497 e. The van der Waals surface area contributed by atoms with Gasteiger partial charge in [0.25, 0.3) is 0 Å². The molecule has 0 aromatic heterocycles. The number of urea groups is 1. The number of rotatable bonds is 4. The average Bonchev–Trinajstić information content (AvgIpc) is 2.70. The number of hydrogen-bond acceptors (Lipinski definition) is 3. The molecule has 3 amide bonds. The van der Waals surface area contributed by atoms with Crippen LogP contribution >= 0.6 is 0 Å². The van der Waals surface area contributed by atoms with E-state index in [1.54, 1.807) is 12.0 Å². The van der Waals surface area contributed by atoms with Crippen molar-refractivity contribution in [3.8, 4) is 5.75 Å². The molecule has 0 bridgehead atoms. The third-order valence-electron chi connectivity index (χ3n) is 5.86. The Morgan fingerprint density at radius 3 is 2.52 bits per heavy atom. The second kappa shape index (κ2) is 9.11. The summed E-state index contributed by atoms with van der Waals surface area (Å²) in [5, 5.41) is 6.16. The number of anilines is 1. The Kier molecular flexibility index (Phi) is 6.58. The number of likely N-dealkylation sites (tertiary alicyclic amines) is 1. The summed E-state index contributed by atoms with van der Waals surface area (Å²) in [4.78, 5) is 27.1. The molecule has 27 heavy (non-hydrogen) atoms. The van der Waals surface area contributed by atoms with E-state index in [-0.39, 0.29) is 23.9 Å². The van der Waals surface area contributed by atoms with Crippen LogP contribution in [0.2, 0.25) is 0 Å². The minimum atomic E-state index is -0.149. The molecule has 1 heterocycles. The summed E-state index contributed by atoms with van der Waals surface area (Å²) >= 11 is 0.